The summed E-state index contributed by atoms with van der Waals surface area (Å²) in [5, 5.41) is 3.51. The molecular formula is C16H24N2O2. The van der Waals surface area contributed by atoms with Crippen LogP contribution in [0, 0.1) is 5.92 Å². The molecule has 2 heterocycles. The molecular weight excluding hydrogens is 252 g/mol. The molecule has 0 aromatic heterocycles. The van der Waals surface area contributed by atoms with Gasteiger partial charge in [-0.15, -0.1) is 0 Å². The van der Waals surface area contributed by atoms with Gasteiger partial charge in [-0.3, -0.25) is 4.90 Å². The molecule has 110 valence electrons. The summed E-state index contributed by atoms with van der Waals surface area (Å²) >= 11 is 0. The summed E-state index contributed by atoms with van der Waals surface area (Å²) in [6.45, 7) is 5.20. The number of hydrogen-bond acceptors (Lipinski definition) is 4. The van der Waals surface area contributed by atoms with E-state index in [1.807, 2.05) is 0 Å². The van der Waals surface area contributed by atoms with Crippen LogP contribution < -0.4 is 10.1 Å². The first-order chi connectivity index (χ1) is 9.81. The highest BCUT2D eigenvalue weighted by Crippen LogP contribution is 2.29. The minimum Gasteiger partial charge on any atom is -0.496 e. The Labute approximate surface area is 121 Å². The lowest BCUT2D eigenvalue weighted by molar-refractivity contribution is 0.181. The van der Waals surface area contributed by atoms with E-state index in [1.54, 1.807) is 14.2 Å². The second-order valence-corrected chi connectivity index (χ2v) is 5.82. The van der Waals surface area contributed by atoms with Crippen molar-refractivity contribution in [2.75, 3.05) is 33.9 Å². The molecule has 0 radical (unpaired) electrons. The summed E-state index contributed by atoms with van der Waals surface area (Å²) in [6.07, 6.45) is 1.33. The second kappa shape index (κ2) is 6.12. The first kappa shape index (κ1) is 13.9. The summed E-state index contributed by atoms with van der Waals surface area (Å²) in [4.78, 5) is 2.61. The maximum Gasteiger partial charge on any atom is 0.124 e. The third-order valence-electron chi connectivity index (χ3n) is 4.59. The molecule has 4 heteroatoms. The average molecular weight is 276 g/mol. The number of rotatable bonds is 5. The molecule has 0 saturated carbocycles. The Kier molecular flexibility index (Phi) is 4.24. The standard InChI is InChI=1S/C16H24N2O2/c1-19-11-14-7-12(3-4-16(14)20-2)10-18-6-5-13-8-17-9-15(13)18/h3-4,7,13,15,17H,5-6,8-11H2,1-2H3/t13-,15+/m0/s1. The molecule has 0 aliphatic carbocycles. The van der Waals surface area contributed by atoms with Gasteiger partial charge in [-0.25, -0.2) is 0 Å². The van der Waals surface area contributed by atoms with Crippen molar-refractivity contribution >= 4 is 0 Å². The fourth-order valence-electron chi connectivity index (χ4n) is 3.57. The normalized spacial score (nSPS) is 25.9. The maximum atomic E-state index is 5.39. The molecule has 0 unspecified atom stereocenters. The fraction of sp³-hybridized carbons (Fsp3) is 0.625. The summed E-state index contributed by atoms with van der Waals surface area (Å²) in [6, 6.07) is 7.18. The van der Waals surface area contributed by atoms with Gasteiger partial charge in [0.05, 0.1) is 13.7 Å². The summed E-state index contributed by atoms with van der Waals surface area (Å²) in [5.74, 6) is 1.77. The highest BCUT2D eigenvalue weighted by molar-refractivity contribution is 5.37. The van der Waals surface area contributed by atoms with E-state index in [0.717, 1.165) is 36.4 Å². The molecule has 0 bridgehead atoms. The Morgan fingerprint density at radius 2 is 2.20 bits per heavy atom. The van der Waals surface area contributed by atoms with Crippen molar-refractivity contribution < 1.29 is 9.47 Å². The Balaban J connectivity index is 1.72. The second-order valence-electron chi connectivity index (χ2n) is 5.82. The number of hydrogen-bond donors (Lipinski definition) is 1. The fourth-order valence-corrected chi connectivity index (χ4v) is 3.57. The van der Waals surface area contributed by atoms with E-state index in [9.17, 15) is 0 Å². The Morgan fingerprint density at radius 3 is 3.00 bits per heavy atom. The van der Waals surface area contributed by atoms with Crippen LogP contribution in [0.2, 0.25) is 0 Å². The van der Waals surface area contributed by atoms with Crippen LogP contribution in [0.15, 0.2) is 18.2 Å². The van der Waals surface area contributed by atoms with Crippen molar-refractivity contribution in [2.24, 2.45) is 5.92 Å². The highest BCUT2D eigenvalue weighted by Gasteiger charge is 2.37. The van der Waals surface area contributed by atoms with Gasteiger partial charge in [-0.05, 0) is 43.1 Å². The number of ether oxygens (including phenoxy) is 2. The van der Waals surface area contributed by atoms with Crippen LogP contribution in [0.25, 0.3) is 0 Å². The van der Waals surface area contributed by atoms with E-state index in [2.05, 4.69) is 28.4 Å². The lowest BCUT2D eigenvalue weighted by atomic mass is 10.0. The molecule has 2 aliphatic rings. The predicted octanol–water partition coefficient (Wildman–Crippen LogP) is 1.64. The summed E-state index contributed by atoms with van der Waals surface area (Å²) in [5.41, 5.74) is 2.48. The molecule has 3 rings (SSSR count). The topological polar surface area (TPSA) is 33.7 Å². The van der Waals surface area contributed by atoms with Crippen molar-refractivity contribution in [3.05, 3.63) is 29.3 Å². The van der Waals surface area contributed by atoms with Crippen LogP contribution in [0.5, 0.6) is 5.75 Å². The van der Waals surface area contributed by atoms with Crippen LogP contribution in [0.1, 0.15) is 17.5 Å². The minimum absolute atomic E-state index is 0.602. The minimum atomic E-state index is 0.602. The van der Waals surface area contributed by atoms with Crippen molar-refractivity contribution in [2.45, 2.75) is 25.6 Å². The number of benzene rings is 1. The lowest BCUT2D eigenvalue weighted by Gasteiger charge is -2.23. The van der Waals surface area contributed by atoms with Gasteiger partial charge in [-0.1, -0.05) is 6.07 Å². The molecule has 20 heavy (non-hydrogen) atoms. The largest absolute Gasteiger partial charge is 0.496 e. The molecule has 2 fully saturated rings. The zero-order chi connectivity index (χ0) is 13.9. The number of likely N-dealkylation sites (tertiary alicyclic amines) is 1. The van der Waals surface area contributed by atoms with Gasteiger partial charge >= 0.3 is 0 Å². The van der Waals surface area contributed by atoms with Crippen LogP contribution in [0.3, 0.4) is 0 Å². The van der Waals surface area contributed by atoms with Gasteiger partial charge in [0.15, 0.2) is 0 Å². The number of nitrogens with zero attached hydrogens (tertiary/aromatic N) is 1. The molecule has 1 aromatic carbocycles. The molecule has 2 aliphatic heterocycles. The van der Waals surface area contributed by atoms with Crippen LogP contribution in [0.4, 0.5) is 0 Å². The van der Waals surface area contributed by atoms with E-state index in [0.29, 0.717) is 6.61 Å². The number of fused-ring (bicyclic) bond motifs is 1. The van der Waals surface area contributed by atoms with Gasteiger partial charge in [0.1, 0.15) is 5.75 Å². The number of nitrogens with one attached hydrogen (secondary N) is 1. The van der Waals surface area contributed by atoms with E-state index in [4.69, 9.17) is 9.47 Å². The van der Waals surface area contributed by atoms with Crippen molar-refractivity contribution in [1.29, 1.82) is 0 Å². The lowest BCUT2D eigenvalue weighted by Crippen LogP contribution is -2.33. The molecule has 0 spiro atoms. The highest BCUT2D eigenvalue weighted by atomic mass is 16.5. The third kappa shape index (κ3) is 2.68. The summed E-state index contributed by atoms with van der Waals surface area (Å²) < 4.78 is 10.6. The molecule has 2 atom stereocenters. The Morgan fingerprint density at radius 1 is 1.30 bits per heavy atom. The monoisotopic (exact) mass is 276 g/mol. The van der Waals surface area contributed by atoms with Gasteiger partial charge in [0, 0.05) is 31.8 Å². The van der Waals surface area contributed by atoms with Crippen molar-refractivity contribution in [3.8, 4) is 5.75 Å². The van der Waals surface area contributed by atoms with Crippen molar-refractivity contribution in [3.63, 3.8) is 0 Å². The first-order valence-electron chi connectivity index (χ1n) is 7.41. The molecule has 2 saturated heterocycles. The molecule has 1 aromatic rings. The van der Waals surface area contributed by atoms with E-state index < -0.39 is 0 Å². The van der Waals surface area contributed by atoms with Gasteiger partial charge in [-0.2, -0.15) is 0 Å². The Hall–Kier alpha value is -1.10. The quantitative estimate of drug-likeness (QED) is 0.886. The van der Waals surface area contributed by atoms with Gasteiger partial charge in [0.25, 0.3) is 0 Å². The van der Waals surface area contributed by atoms with E-state index in [-0.39, 0.29) is 0 Å². The van der Waals surface area contributed by atoms with Crippen LogP contribution in [-0.4, -0.2) is 44.8 Å². The van der Waals surface area contributed by atoms with Gasteiger partial charge < -0.3 is 14.8 Å². The zero-order valence-electron chi connectivity index (χ0n) is 12.4. The third-order valence-corrected chi connectivity index (χ3v) is 4.59. The smallest absolute Gasteiger partial charge is 0.124 e. The molecule has 1 N–H and O–H groups in total. The molecule has 0 amide bonds. The van der Waals surface area contributed by atoms with Crippen LogP contribution in [-0.2, 0) is 17.9 Å². The first-order valence-corrected chi connectivity index (χ1v) is 7.41. The SMILES string of the molecule is COCc1cc(CN2CC[C@H]3CNC[C@H]32)ccc1OC. The predicted molar refractivity (Wildman–Crippen MR) is 78.9 cm³/mol. The Bertz CT molecular complexity index is 464. The maximum absolute atomic E-state index is 5.39. The zero-order valence-corrected chi connectivity index (χ0v) is 12.4. The van der Waals surface area contributed by atoms with E-state index >= 15 is 0 Å². The van der Waals surface area contributed by atoms with Crippen LogP contribution >= 0.6 is 0 Å². The number of methoxy groups -OCH3 is 2. The van der Waals surface area contributed by atoms with Crippen molar-refractivity contribution in [1.82, 2.24) is 10.2 Å². The molecule has 4 nitrogen and oxygen atoms in total. The van der Waals surface area contributed by atoms with Gasteiger partial charge in [0.2, 0.25) is 0 Å². The summed E-state index contributed by atoms with van der Waals surface area (Å²) in [7, 11) is 3.44. The average Bonchev–Trinajstić information content (AvgIpc) is 3.05. The van der Waals surface area contributed by atoms with E-state index in [1.165, 1.54) is 25.1 Å².